The number of rotatable bonds is 5. The van der Waals surface area contributed by atoms with E-state index >= 15 is 0 Å². The van der Waals surface area contributed by atoms with E-state index in [0.29, 0.717) is 6.54 Å². The number of urea groups is 1. The largest absolute Gasteiger partial charge is 0.481 e. The minimum absolute atomic E-state index is 0.346. The van der Waals surface area contributed by atoms with E-state index in [-0.39, 0.29) is 6.03 Å². The highest BCUT2D eigenvalue weighted by Crippen LogP contribution is 2.10. The lowest BCUT2D eigenvalue weighted by molar-refractivity contribution is -0.141. The Bertz CT molecular complexity index is 433. The first-order chi connectivity index (χ1) is 8.40. The summed E-state index contributed by atoms with van der Waals surface area (Å²) in [5.74, 6) is -1.56. The van der Waals surface area contributed by atoms with Gasteiger partial charge in [0, 0.05) is 17.1 Å². The van der Waals surface area contributed by atoms with Crippen molar-refractivity contribution < 1.29 is 14.7 Å². The van der Waals surface area contributed by atoms with Gasteiger partial charge >= 0.3 is 12.0 Å². The van der Waals surface area contributed by atoms with Gasteiger partial charge in [0.15, 0.2) is 0 Å². The van der Waals surface area contributed by atoms with Crippen molar-refractivity contribution in [3.8, 4) is 0 Å². The zero-order valence-corrected chi connectivity index (χ0v) is 11.4. The molecular weight excluding hydrogens is 254 g/mol. The van der Waals surface area contributed by atoms with Crippen LogP contribution in [0, 0.1) is 12.8 Å². The number of hydrogen-bond acceptors (Lipinski definition) is 4. The summed E-state index contributed by atoms with van der Waals surface area (Å²) in [6.07, 6.45) is 1.74. The molecular formula is C11H17N3O3S. The first-order valence-electron chi connectivity index (χ1n) is 5.58. The Balaban J connectivity index is 2.35. The fourth-order valence-corrected chi connectivity index (χ4v) is 1.96. The van der Waals surface area contributed by atoms with Gasteiger partial charge < -0.3 is 15.7 Å². The molecule has 0 aromatic carbocycles. The van der Waals surface area contributed by atoms with Gasteiger partial charge in [-0.15, -0.1) is 11.3 Å². The normalized spacial score (nSPS) is 13.7. The number of carbonyl (C=O) groups excluding carboxylic acids is 1. The molecule has 2 unspecified atom stereocenters. The minimum atomic E-state index is -0.932. The summed E-state index contributed by atoms with van der Waals surface area (Å²) in [5.41, 5.74) is 0. The monoisotopic (exact) mass is 271 g/mol. The molecule has 7 heteroatoms. The third-order valence-corrected chi connectivity index (χ3v) is 3.48. The number of nitrogens with one attached hydrogen (secondary N) is 2. The first-order valence-corrected chi connectivity index (χ1v) is 6.40. The van der Waals surface area contributed by atoms with Crippen molar-refractivity contribution in [2.45, 2.75) is 33.4 Å². The fourth-order valence-electron chi connectivity index (χ4n) is 1.24. The quantitative estimate of drug-likeness (QED) is 0.754. The highest BCUT2D eigenvalue weighted by molar-refractivity contribution is 7.11. The number of thiazole rings is 1. The van der Waals surface area contributed by atoms with Gasteiger partial charge in [-0.05, 0) is 20.8 Å². The molecule has 3 N–H and O–H groups in total. The van der Waals surface area contributed by atoms with E-state index in [4.69, 9.17) is 5.11 Å². The van der Waals surface area contributed by atoms with E-state index in [9.17, 15) is 9.59 Å². The first kappa shape index (κ1) is 14.4. The van der Waals surface area contributed by atoms with Crippen LogP contribution in [0.4, 0.5) is 4.79 Å². The van der Waals surface area contributed by atoms with Gasteiger partial charge in [-0.3, -0.25) is 4.79 Å². The Hall–Kier alpha value is -1.63. The number of carboxylic acids is 1. The smallest absolute Gasteiger partial charge is 0.315 e. The van der Waals surface area contributed by atoms with Crippen LogP contribution in [0.5, 0.6) is 0 Å². The second kappa shape index (κ2) is 6.34. The molecule has 0 aliphatic carbocycles. The van der Waals surface area contributed by atoms with Crippen LogP contribution in [-0.2, 0) is 11.3 Å². The van der Waals surface area contributed by atoms with Crippen molar-refractivity contribution in [2.24, 2.45) is 5.92 Å². The predicted molar refractivity (Wildman–Crippen MR) is 68.5 cm³/mol. The Morgan fingerprint density at radius 2 is 2.17 bits per heavy atom. The van der Waals surface area contributed by atoms with Crippen LogP contribution < -0.4 is 10.6 Å². The maximum atomic E-state index is 11.5. The number of hydrogen-bond donors (Lipinski definition) is 3. The molecule has 1 aromatic rings. The summed E-state index contributed by atoms with van der Waals surface area (Å²) >= 11 is 1.51. The second-order valence-electron chi connectivity index (χ2n) is 4.11. The van der Waals surface area contributed by atoms with Gasteiger partial charge in [0.2, 0.25) is 0 Å². The SMILES string of the molecule is Cc1cnc(CNC(=O)NC(C)C(C)C(=O)O)s1. The number of aliphatic carboxylic acids is 1. The highest BCUT2D eigenvalue weighted by atomic mass is 32.1. The van der Waals surface area contributed by atoms with Gasteiger partial charge in [-0.25, -0.2) is 9.78 Å². The number of aromatic nitrogens is 1. The average Bonchev–Trinajstić information content (AvgIpc) is 2.71. The zero-order chi connectivity index (χ0) is 13.7. The number of amides is 2. The van der Waals surface area contributed by atoms with Crippen LogP contribution in [0.2, 0.25) is 0 Å². The van der Waals surface area contributed by atoms with Crippen LogP contribution in [0.3, 0.4) is 0 Å². The number of aryl methyl sites for hydroxylation is 1. The van der Waals surface area contributed by atoms with Crippen molar-refractivity contribution in [1.82, 2.24) is 15.6 Å². The Morgan fingerprint density at radius 1 is 1.50 bits per heavy atom. The molecule has 18 heavy (non-hydrogen) atoms. The number of carboxylic acid groups (broad SMARTS) is 1. The van der Waals surface area contributed by atoms with Crippen LogP contribution in [-0.4, -0.2) is 28.1 Å². The fraction of sp³-hybridized carbons (Fsp3) is 0.545. The van der Waals surface area contributed by atoms with E-state index in [0.717, 1.165) is 9.88 Å². The van der Waals surface area contributed by atoms with Gasteiger partial charge in [-0.2, -0.15) is 0 Å². The van der Waals surface area contributed by atoms with Crippen LogP contribution in [0.1, 0.15) is 23.7 Å². The molecule has 1 rings (SSSR count). The number of carbonyl (C=O) groups is 2. The van der Waals surface area contributed by atoms with Gasteiger partial charge in [-0.1, -0.05) is 0 Å². The topological polar surface area (TPSA) is 91.3 Å². The summed E-state index contributed by atoms with van der Waals surface area (Å²) < 4.78 is 0. The van der Waals surface area contributed by atoms with Crippen molar-refractivity contribution in [3.63, 3.8) is 0 Å². The molecule has 0 aliphatic rings. The van der Waals surface area contributed by atoms with E-state index in [1.807, 2.05) is 6.92 Å². The molecule has 2 amide bonds. The van der Waals surface area contributed by atoms with E-state index in [2.05, 4.69) is 15.6 Å². The lowest BCUT2D eigenvalue weighted by Crippen LogP contribution is -2.44. The molecule has 0 radical (unpaired) electrons. The van der Waals surface area contributed by atoms with Gasteiger partial charge in [0.1, 0.15) is 5.01 Å². The molecule has 0 bridgehead atoms. The third kappa shape index (κ3) is 4.33. The minimum Gasteiger partial charge on any atom is -0.481 e. The molecule has 1 aromatic heterocycles. The highest BCUT2D eigenvalue weighted by Gasteiger charge is 2.20. The van der Waals surface area contributed by atoms with Gasteiger partial charge in [0.25, 0.3) is 0 Å². The van der Waals surface area contributed by atoms with E-state index in [1.54, 1.807) is 20.0 Å². The maximum absolute atomic E-state index is 11.5. The van der Waals surface area contributed by atoms with Crippen molar-refractivity contribution in [3.05, 3.63) is 16.1 Å². The second-order valence-corrected chi connectivity index (χ2v) is 5.43. The summed E-state index contributed by atoms with van der Waals surface area (Å²) in [6.45, 7) is 5.50. The lowest BCUT2D eigenvalue weighted by atomic mass is 10.0. The summed E-state index contributed by atoms with van der Waals surface area (Å²) in [7, 11) is 0. The molecule has 6 nitrogen and oxygen atoms in total. The van der Waals surface area contributed by atoms with Crippen molar-refractivity contribution in [1.29, 1.82) is 0 Å². The lowest BCUT2D eigenvalue weighted by Gasteiger charge is -2.17. The van der Waals surface area contributed by atoms with E-state index in [1.165, 1.54) is 11.3 Å². The molecule has 0 fully saturated rings. The molecule has 0 saturated carbocycles. The zero-order valence-electron chi connectivity index (χ0n) is 10.6. The van der Waals surface area contributed by atoms with Crippen molar-refractivity contribution in [2.75, 3.05) is 0 Å². The summed E-state index contributed by atoms with van der Waals surface area (Å²) in [4.78, 5) is 27.4. The molecule has 0 spiro atoms. The number of nitrogens with zero attached hydrogens (tertiary/aromatic N) is 1. The summed E-state index contributed by atoms with van der Waals surface area (Å²) in [5, 5.41) is 14.8. The van der Waals surface area contributed by atoms with Gasteiger partial charge in [0.05, 0.1) is 12.5 Å². The molecule has 0 aliphatic heterocycles. The maximum Gasteiger partial charge on any atom is 0.315 e. The van der Waals surface area contributed by atoms with Crippen LogP contribution in [0.25, 0.3) is 0 Å². The Labute approximate surface area is 109 Å². The third-order valence-electron chi connectivity index (χ3n) is 2.57. The molecule has 0 saturated heterocycles. The Morgan fingerprint density at radius 3 is 2.67 bits per heavy atom. The molecule has 2 atom stereocenters. The molecule has 100 valence electrons. The standard InChI is InChI=1S/C11H17N3O3S/c1-6-4-12-9(18-6)5-13-11(17)14-8(3)7(2)10(15)16/h4,7-8H,5H2,1-3H3,(H,15,16)(H2,13,14,17). The van der Waals surface area contributed by atoms with Crippen LogP contribution >= 0.6 is 11.3 Å². The predicted octanol–water partition coefficient (Wildman–Crippen LogP) is 1.36. The van der Waals surface area contributed by atoms with Crippen molar-refractivity contribution >= 4 is 23.3 Å². The summed E-state index contributed by atoms with van der Waals surface area (Å²) in [6, 6.07) is -0.816. The van der Waals surface area contributed by atoms with Crippen LogP contribution in [0.15, 0.2) is 6.20 Å². The average molecular weight is 271 g/mol. The molecule has 1 heterocycles. The van der Waals surface area contributed by atoms with E-state index < -0.39 is 17.9 Å². The Kier molecular flexibility index (Phi) is 5.08.